The molecule has 2 aromatic carbocycles. The second-order valence-corrected chi connectivity index (χ2v) is 4.47. The van der Waals surface area contributed by atoms with Gasteiger partial charge in [0.05, 0.1) is 17.3 Å². The normalized spacial score (nSPS) is 10.2. The molecule has 0 fully saturated rings. The van der Waals surface area contributed by atoms with E-state index in [9.17, 15) is 4.39 Å². The minimum atomic E-state index is -0.299. The number of nitrogens with one attached hydrogen (secondary N) is 1. The molecular formula is C15H15ClFNO. The van der Waals surface area contributed by atoms with E-state index in [0.29, 0.717) is 23.9 Å². The maximum absolute atomic E-state index is 13.0. The molecule has 0 aliphatic carbocycles. The number of rotatable bonds is 6. The summed E-state index contributed by atoms with van der Waals surface area (Å²) in [4.78, 5) is 0. The highest BCUT2D eigenvalue weighted by atomic mass is 35.5. The maximum Gasteiger partial charge on any atom is 0.125 e. The van der Waals surface area contributed by atoms with Gasteiger partial charge in [-0.15, -0.1) is 0 Å². The van der Waals surface area contributed by atoms with Crippen molar-refractivity contribution < 1.29 is 9.13 Å². The van der Waals surface area contributed by atoms with Crippen molar-refractivity contribution in [2.45, 2.75) is 6.42 Å². The van der Waals surface area contributed by atoms with Gasteiger partial charge in [-0.05, 0) is 36.8 Å². The fraction of sp³-hybridized carbons (Fsp3) is 0.200. The minimum Gasteiger partial charge on any atom is -0.494 e. The molecule has 2 nitrogen and oxygen atoms in total. The van der Waals surface area contributed by atoms with Crippen molar-refractivity contribution in [3.63, 3.8) is 0 Å². The van der Waals surface area contributed by atoms with Crippen LogP contribution in [0.15, 0.2) is 48.5 Å². The Kier molecular flexibility index (Phi) is 5.04. The number of hydrogen-bond donors (Lipinski definition) is 1. The third-order valence-electron chi connectivity index (χ3n) is 2.58. The van der Waals surface area contributed by atoms with Crippen LogP contribution in [0, 0.1) is 5.82 Å². The molecule has 0 bridgehead atoms. The van der Waals surface area contributed by atoms with Crippen LogP contribution in [0.2, 0.25) is 5.02 Å². The van der Waals surface area contributed by atoms with E-state index >= 15 is 0 Å². The summed E-state index contributed by atoms with van der Waals surface area (Å²) in [5.74, 6) is 0.554. The van der Waals surface area contributed by atoms with Gasteiger partial charge in [0.15, 0.2) is 0 Å². The zero-order valence-corrected chi connectivity index (χ0v) is 11.2. The number of hydrogen-bond acceptors (Lipinski definition) is 2. The van der Waals surface area contributed by atoms with Gasteiger partial charge in [0.1, 0.15) is 11.6 Å². The average Bonchev–Trinajstić information content (AvgIpc) is 2.43. The summed E-state index contributed by atoms with van der Waals surface area (Å²) < 4.78 is 18.6. The highest BCUT2D eigenvalue weighted by molar-refractivity contribution is 6.33. The van der Waals surface area contributed by atoms with Crippen molar-refractivity contribution in [2.75, 3.05) is 18.5 Å². The van der Waals surface area contributed by atoms with E-state index in [4.69, 9.17) is 16.3 Å². The highest BCUT2D eigenvalue weighted by Crippen LogP contribution is 2.22. The molecule has 2 rings (SSSR count). The molecule has 0 saturated heterocycles. The molecule has 2 aromatic rings. The standard InChI is InChI=1S/C15H15ClFNO/c16-14-8-7-12(17)11-15(14)18-9-4-10-19-13-5-2-1-3-6-13/h1-3,5-8,11,18H,4,9-10H2. The van der Waals surface area contributed by atoms with Gasteiger partial charge in [0.2, 0.25) is 0 Å². The summed E-state index contributed by atoms with van der Waals surface area (Å²) in [7, 11) is 0. The SMILES string of the molecule is Fc1ccc(Cl)c(NCCCOc2ccccc2)c1. The van der Waals surface area contributed by atoms with Crippen LogP contribution in [-0.2, 0) is 0 Å². The number of ether oxygens (including phenoxy) is 1. The summed E-state index contributed by atoms with van der Waals surface area (Å²) in [6.07, 6.45) is 0.807. The summed E-state index contributed by atoms with van der Waals surface area (Å²) in [5.41, 5.74) is 0.612. The summed E-state index contributed by atoms with van der Waals surface area (Å²) in [6, 6.07) is 13.9. The van der Waals surface area contributed by atoms with Crippen molar-refractivity contribution in [1.29, 1.82) is 0 Å². The third-order valence-corrected chi connectivity index (χ3v) is 2.91. The van der Waals surface area contributed by atoms with E-state index in [1.165, 1.54) is 12.1 Å². The van der Waals surface area contributed by atoms with Crippen LogP contribution in [-0.4, -0.2) is 13.2 Å². The zero-order valence-electron chi connectivity index (χ0n) is 10.4. The molecule has 0 atom stereocenters. The molecule has 0 saturated carbocycles. The average molecular weight is 280 g/mol. The maximum atomic E-state index is 13.0. The van der Waals surface area contributed by atoms with Gasteiger partial charge in [0, 0.05) is 6.54 Å². The Hall–Kier alpha value is -1.74. The Morgan fingerprint density at radius 1 is 1.11 bits per heavy atom. The van der Waals surface area contributed by atoms with E-state index in [1.54, 1.807) is 6.07 Å². The van der Waals surface area contributed by atoms with E-state index in [2.05, 4.69) is 5.32 Å². The molecule has 1 N–H and O–H groups in total. The van der Waals surface area contributed by atoms with Gasteiger partial charge in [-0.2, -0.15) is 0 Å². The van der Waals surface area contributed by atoms with Gasteiger partial charge in [-0.3, -0.25) is 0 Å². The van der Waals surface area contributed by atoms with Crippen LogP contribution in [0.25, 0.3) is 0 Å². The lowest BCUT2D eigenvalue weighted by Gasteiger charge is -2.09. The first-order chi connectivity index (χ1) is 9.25. The second kappa shape index (κ2) is 7.00. The topological polar surface area (TPSA) is 21.3 Å². The summed E-state index contributed by atoms with van der Waals surface area (Å²) in [6.45, 7) is 1.28. The fourth-order valence-electron chi connectivity index (χ4n) is 1.63. The molecule has 19 heavy (non-hydrogen) atoms. The zero-order chi connectivity index (χ0) is 13.5. The molecule has 0 unspecified atom stereocenters. The number of halogens is 2. The molecule has 100 valence electrons. The Balaban J connectivity index is 1.71. The molecular weight excluding hydrogens is 265 g/mol. The van der Waals surface area contributed by atoms with Crippen LogP contribution < -0.4 is 10.1 Å². The van der Waals surface area contributed by atoms with E-state index in [1.807, 2.05) is 30.3 Å². The predicted molar refractivity (Wildman–Crippen MR) is 76.5 cm³/mol. The lowest BCUT2D eigenvalue weighted by Crippen LogP contribution is -2.07. The van der Waals surface area contributed by atoms with Crippen LogP contribution in [0.1, 0.15) is 6.42 Å². The lowest BCUT2D eigenvalue weighted by molar-refractivity contribution is 0.315. The van der Waals surface area contributed by atoms with E-state index < -0.39 is 0 Å². The molecule has 0 radical (unpaired) electrons. The number of anilines is 1. The smallest absolute Gasteiger partial charge is 0.125 e. The molecule has 0 aliphatic heterocycles. The quantitative estimate of drug-likeness (QED) is 0.793. The van der Waals surface area contributed by atoms with Crippen molar-refractivity contribution in [2.24, 2.45) is 0 Å². The van der Waals surface area contributed by atoms with E-state index in [-0.39, 0.29) is 5.82 Å². The number of benzene rings is 2. The first kappa shape index (κ1) is 13.7. The van der Waals surface area contributed by atoms with Crippen molar-refractivity contribution in [3.8, 4) is 5.75 Å². The molecule has 0 aromatic heterocycles. The van der Waals surface area contributed by atoms with Crippen LogP contribution in [0.3, 0.4) is 0 Å². The van der Waals surface area contributed by atoms with E-state index in [0.717, 1.165) is 12.2 Å². The Bertz CT molecular complexity index is 519. The largest absolute Gasteiger partial charge is 0.494 e. The van der Waals surface area contributed by atoms with Gasteiger partial charge < -0.3 is 10.1 Å². The molecule has 0 aliphatic rings. The molecule has 0 heterocycles. The van der Waals surface area contributed by atoms with Crippen LogP contribution in [0.4, 0.5) is 10.1 Å². The van der Waals surface area contributed by atoms with Crippen molar-refractivity contribution >= 4 is 17.3 Å². The Morgan fingerprint density at radius 3 is 2.68 bits per heavy atom. The van der Waals surface area contributed by atoms with Gasteiger partial charge in [-0.1, -0.05) is 29.8 Å². The van der Waals surface area contributed by atoms with Crippen LogP contribution in [0.5, 0.6) is 5.75 Å². The Morgan fingerprint density at radius 2 is 1.89 bits per heavy atom. The monoisotopic (exact) mass is 279 g/mol. The van der Waals surface area contributed by atoms with Gasteiger partial charge >= 0.3 is 0 Å². The first-order valence-corrected chi connectivity index (χ1v) is 6.50. The minimum absolute atomic E-state index is 0.299. The van der Waals surface area contributed by atoms with Crippen LogP contribution >= 0.6 is 11.6 Å². The third kappa shape index (κ3) is 4.45. The summed E-state index contributed by atoms with van der Waals surface area (Å²) in [5, 5.41) is 3.61. The fourth-order valence-corrected chi connectivity index (χ4v) is 1.82. The lowest BCUT2D eigenvalue weighted by atomic mass is 10.3. The van der Waals surface area contributed by atoms with Crippen molar-refractivity contribution in [3.05, 3.63) is 59.4 Å². The molecule has 0 amide bonds. The highest BCUT2D eigenvalue weighted by Gasteiger charge is 2.01. The molecule has 0 spiro atoms. The second-order valence-electron chi connectivity index (χ2n) is 4.07. The van der Waals surface area contributed by atoms with Gasteiger partial charge in [0.25, 0.3) is 0 Å². The van der Waals surface area contributed by atoms with Crippen molar-refractivity contribution in [1.82, 2.24) is 0 Å². The Labute approximate surface area is 117 Å². The molecule has 4 heteroatoms. The number of para-hydroxylation sites is 1. The predicted octanol–water partition coefficient (Wildman–Crippen LogP) is 4.36. The summed E-state index contributed by atoms with van der Waals surface area (Å²) >= 11 is 5.94. The van der Waals surface area contributed by atoms with Gasteiger partial charge in [-0.25, -0.2) is 4.39 Å². The first-order valence-electron chi connectivity index (χ1n) is 6.12.